The van der Waals surface area contributed by atoms with Gasteiger partial charge in [-0.1, -0.05) is 66.9 Å². The zero-order valence-corrected chi connectivity index (χ0v) is 17.5. The maximum atomic E-state index is 12.3. The van der Waals surface area contributed by atoms with Crippen molar-refractivity contribution in [2.75, 3.05) is 13.2 Å². The van der Waals surface area contributed by atoms with E-state index in [1.165, 1.54) is 19.3 Å². The molecule has 0 aromatic heterocycles. The van der Waals surface area contributed by atoms with Gasteiger partial charge in [0.1, 0.15) is 0 Å². The second-order valence-electron chi connectivity index (χ2n) is 8.13. The van der Waals surface area contributed by atoms with Gasteiger partial charge in [-0.05, 0) is 37.5 Å². The van der Waals surface area contributed by atoms with Crippen LogP contribution in [-0.2, 0) is 14.3 Å². The van der Waals surface area contributed by atoms with Crippen LogP contribution in [0.2, 0.25) is 0 Å². The fourth-order valence-electron chi connectivity index (χ4n) is 2.88. The third-order valence-electron chi connectivity index (χ3n) is 4.56. The van der Waals surface area contributed by atoms with E-state index in [0.717, 1.165) is 57.3 Å². The Balaban J connectivity index is 3.71. The van der Waals surface area contributed by atoms with Gasteiger partial charge >= 0.3 is 5.97 Å². The van der Waals surface area contributed by atoms with Gasteiger partial charge in [-0.15, -0.1) is 0 Å². The molecule has 0 N–H and O–H groups in total. The maximum absolute atomic E-state index is 12.3. The van der Waals surface area contributed by atoms with Crippen LogP contribution >= 0.6 is 0 Å². The number of carbonyl (C=O) groups is 1. The van der Waals surface area contributed by atoms with E-state index in [9.17, 15) is 4.79 Å². The SMILES string of the molecule is C=C(CCCCCOC(=O)C(CCC)C(C)(C)C)OCCCCCC. The minimum atomic E-state index is -0.0332. The smallest absolute Gasteiger partial charge is 0.309 e. The Morgan fingerprint density at radius 2 is 1.48 bits per heavy atom. The zero-order chi connectivity index (χ0) is 19.1. The van der Waals surface area contributed by atoms with Gasteiger partial charge in [0.05, 0.1) is 24.9 Å². The Labute approximate surface area is 156 Å². The Bertz CT molecular complexity index is 355. The van der Waals surface area contributed by atoms with Gasteiger partial charge < -0.3 is 9.47 Å². The van der Waals surface area contributed by atoms with Crippen molar-refractivity contribution in [3.63, 3.8) is 0 Å². The molecule has 0 radical (unpaired) electrons. The lowest BCUT2D eigenvalue weighted by atomic mass is 9.78. The number of unbranched alkanes of at least 4 members (excludes halogenated alkanes) is 5. The van der Waals surface area contributed by atoms with Gasteiger partial charge in [0.15, 0.2) is 0 Å². The Morgan fingerprint density at radius 1 is 0.880 bits per heavy atom. The van der Waals surface area contributed by atoms with E-state index in [4.69, 9.17) is 9.47 Å². The summed E-state index contributed by atoms with van der Waals surface area (Å²) in [4.78, 5) is 12.3. The topological polar surface area (TPSA) is 35.5 Å². The molecule has 3 heteroatoms. The molecular weight excluding hydrogens is 312 g/mol. The van der Waals surface area contributed by atoms with E-state index in [1.54, 1.807) is 0 Å². The molecule has 0 rings (SSSR count). The van der Waals surface area contributed by atoms with E-state index in [-0.39, 0.29) is 17.3 Å². The van der Waals surface area contributed by atoms with Crippen LogP contribution in [0.25, 0.3) is 0 Å². The molecule has 0 spiro atoms. The second-order valence-corrected chi connectivity index (χ2v) is 8.13. The number of hydrogen-bond acceptors (Lipinski definition) is 3. The predicted octanol–water partition coefficient (Wildman–Crippen LogP) is 6.66. The molecule has 1 atom stereocenters. The first kappa shape index (κ1) is 24.0. The summed E-state index contributed by atoms with van der Waals surface area (Å²) >= 11 is 0. The van der Waals surface area contributed by atoms with Crippen LogP contribution in [0.1, 0.15) is 98.8 Å². The van der Waals surface area contributed by atoms with Gasteiger partial charge in [-0.3, -0.25) is 4.79 Å². The third-order valence-corrected chi connectivity index (χ3v) is 4.56. The molecule has 0 aromatic carbocycles. The van der Waals surface area contributed by atoms with Crippen LogP contribution in [0.4, 0.5) is 0 Å². The van der Waals surface area contributed by atoms with Crippen molar-refractivity contribution in [1.29, 1.82) is 0 Å². The number of ether oxygens (including phenoxy) is 2. The molecule has 3 nitrogen and oxygen atoms in total. The van der Waals surface area contributed by atoms with E-state index in [0.29, 0.717) is 6.61 Å². The minimum Gasteiger partial charge on any atom is -0.499 e. The fourth-order valence-corrected chi connectivity index (χ4v) is 2.88. The van der Waals surface area contributed by atoms with Gasteiger partial charge in [0.2, 0.25) is 0 Å². The summed E-state index contributed by atoms with van der Waals surface area (Å²) in [7, 11) is 0. The number of carbonyl (C=O) groups excluding carboxylic acids is 1. The van der Waals surface area contributed by atoms with Crippen LogP contribution < -0.4 is 0 Å². The molecule has 0 aliphatic rings. The fraction of sp³-hybridized carbons (Fsp3) is 0.864. The van der Waals surface area contributed by atoms with E-state index < -0.39 is 0 Å². The Morgan fingerprint density at radius 3 is 2.04 bits per heavy atom. The first-order valence-corrected chi connectivity index (χ1v) is 10.3. The monoisotopic (exact) mass is 354 g/mol. The standard InChI is InChI=1S/C22H42O3/c1-7-9-10-13-17-24-19(3)16-12-11-14-18-25-21(23)20(15-8-2)22(4,5)6/h20H,3,7-18H2,1-2,4-6H3. The first-order valence-electron chi connectivity index (χ1n) is 10.3. The lowest BCUT2D eigenvalue weighted by molar-refractivity contribution is -0.152. The van der Waals surface area contributed by atoms with E-state index >= 15 is 0 Å². The van der Waals surface area contributed by atoms with Crippen LogP contribution in [0.3, 0.4) is 0 Å². The van der Waals surface area contributed by atoms with Gasteiger partial charge in [0, 0.05) is 6.42 Å². The predicted molar refractivity (Wildman–Crippen MR) is 107 cm³/mol. The summed E-state index contributed by atoms with van der Waals surface area (Å²) < 4.78 is 11.1. The zero-order valence-electron chi connectivity index (χ0n) is 17.5. The van der Waals surface area contributed by atoms with Crippen molar-refractivity contribution in [3.8, 4) is 0 Å². The molecule has 0 saturated carbocycles. The van der Waals surface area contributed by atoms with Gasteiger partial charge in [0.25, 0.3) is 0 Å². The highest BCUT2D eigenvalue weighted by Crippen LogP contribution is 2.30. The molecule has 0 aromatic rings. The highest BCUT2D eigenvalue weighted by Gasteiger charge is 2.31. The van der Waals surface area contributed by atoms with Crippen molar-refractivity contribution < 1.29 is 14.3 Å². The molecule has 0 heterocycles. The summed E-state index contributed by atoms with van der Waals surface area (Å²) in [5.74, 6) is 0.858. The van der Waals surface area contributed by atoms with Gasteiger partial charge in [-0.25, -0.2) is 0 Å². The number of rotatable bonds is 15. The quantitative estimate of drug-likeness (QED) is 0.187. The first-order chi connectivity index (χ1) is 11.8. The average molecular weight is 355 g/mol. The third kappa shape index (κ3) is 12.9. The number of esters is 1. The summed E-state index contributed by atoms with van der Waals surface area (Å²) in [5.41, 5.74) is -0.0285. The summed E-state index contributed by atoms with van der Waals surface area (Å²) in [5, 5.41) is 0. The normalized spacial score (nSPS) is 12.7. The molecule has 0 bridgehead atoms. The molecule has 25 heavy (non-hydrogen) atoms. The maximum Gasteiger partial charge on any atom is 0.309 e. The molecule has 0 aliphatic heterocycles. The summed E-state index contributed by atoms with van der Waals surface area (Å²) in [6.07, 6.45) is 10.7. The largest absolute Gasteiger partial charge is 0.499 e. The molecule has 0 saturated heterocycles. The molecule has 0 fully saturated rings. The van der Waals surface area contributed by atoms with E-state index in [2.05, 4.69) is 41.2 Å². The van der Waals surface area contributed by atoms with Crippen molar-refractivity contribution in [3.05, 3.63) is 12.3 Å². The lowest BCUT2D eigenvalue weighted by Gasteiger charge is -2.28. The van der Waals surface area contributed by atoms with Crippen molar-refractivity contribution in [2.24, 2.45) is 11.3 Å². The Kier molecular flexibility index (Phi) is 13.6. The van der Waals surface area contributed by atoms with Crippen LogP contribution in [0, 0.1) is 11.3 Å². The van der Waals surface area contributed by atoms with Crippen molar-refractivity contribution >= 4 is 5.97 Å². The van der Waals surface area contributed by atoms with Crippen molar-refractivity contribution in [2.45, 2.75) is 98.8 Å². The summed E-state index contributed by atoms with van der Waals surface area (Å²) in [6, 6.07) is 0. The minimum absolute atomic E-state index is 0.00149. The van der Waals surface area contributed by atoms with E-state index in [1.807, 2.05) is 0 Å². The lowest BCUT2D eigenvalue weighted by Crippen LogP contribution is -2.30. The highest BCUT2D eigenvalue weighted by atomic mass is 16.5. The van der Waals surface area contributed by atoms with Crippen LogP contribution in [0.15, 0.2) is 12.3 Å². The molecule has 0 aliphatic carbocycles. The number of allylic oxidation sites excluding steroid dienone is 1. The van der Waals surface area contributed by atoms with Crippen molar-refractivity contribution in [1.82, 2.24) is 0 Å². The summed E-state index contributed by atoms with van der Waals surface area (Å²) in [6.45, 7) is 16.0. The average Bonchev–Trinajstić information content (AvgIpc) is 2.54. The number of hydrogen-bond donors (Lipinski definition) is 0. The highest BCUT2D eigenvalue weighted by molar-refractivity contribution is 5.73. The molecular formula is C22H42O3. The second kappa shape index (κ2) is 14.2. The van der Waals surface area contributed by atoms with Crippen LogP contribution in [-0.4, -0.2) is 19.2 Å². The molecule has 0 amide bonds. The Hall–Kier alpha value is -0.990. The molecule has 148 valence electrons. The van der Waals surface area contributed by atoms with Gasteiger partial charge in [-0.2, -0.15) is 0 Å². The van der Waals surface area contributed by atoms with Crippen LogP contribution in [0.5, 0.6) is 0 Å². The molecule has 1 unspecified atom stereocenters.